The van der Waals surface area contributed by atoms with E-state index in [9.17, 15) is 0 Å². The van der Waals surface area contributed by atoms with Gasteiger partial charge in [0.05, 0.1) is 11.9 Å². The van der Waals surface area contributed by atoms with E-state index in [1.807, 2.05) is 32.2 Å². The molecule has 0 radical (unpaired) electrons. The van der Waals surface area contributed by atoms with Gasteiger partial charge in [-0.1, -0.05) is 5.16 Å². The van der Waals surface area contributed by atoms with E-state index in [2.05, 4.69) is 20.6 Å². The van der Waals surface area contributed by atoms with Crippen LogP contribution in [0.15, 0.2) is 29.0 Å². The lowest BCUT2D eigenvalue weighted by Gasteiger charge is -2.05. The van der Waals surface area contributed by atoms with Gasteiger partial charge in [-0.15, -0.1) is 0 Å². The Hall–Kier alpha value is -2.37. The summed E-state index contributed by atoms with van der Waals surface area (Å²) in [5.74, 6) is 1.65. The van der Waals surface area contributed by atoms with Crippen LogP contribution in [0.4, 0.5) is 5.82 Å². The standard InChI is InChI=1S/C12H13N5O/c1-8-10(9(2)18-16-8)7-13-11-4-6-17-12(15-11)3-5-14-17/h3-6H,7H2,1-2H3,(H,13,15). The number of anilines is 1. The van der Waals surface area contributed by atoms with Gasteiger partial charge in [-0.3, -0.25) is 0 Å². The quantitative estimate of drug-likeness (QED) is 0.761. The smallest absolute Gasteiger partial charge is 0.157 e. The summed E-state index contributed by atoms with van der Waals surface area (Å²) in [6.07, 6.45) is 3.60. The van der Waals surface area contributed by atoms with E-state index in [-0.39, 0.29) is 0 Å². The number of fused-ring (bicyclic) bond motifs is 1. The third kappa shape index (κ3) is 1.81. The van der Waals surface area contributed by atoms with Crippen molar-refractivity contribution in [2.45, 2.75) is 20.4 Å². The topological polar surface area (TPSA) is 68.2 Å². The predicted octanol–water partition coefficient (Wildman–Crippen LogP) is 1.95. The summed E-state index contributed by atoms with van der Waals surface area (Å²) in [7, 11) is 0. The van der Waals surface area contributed by atoms with Gasteiger partial charge in [-0.05, 0) is 19.9 Å². The average molecular weight is 243 g/mol. The molecule has 0 unspecified atom stereocenters. The molecule has 0 aliphatic heterocycles. The highest BCUT2D eigenvalue weighted by molar-refractivity contribution is 5.45. The lowest BCUT2D eigenvalue weighted by molar-refractivity contribution is 0.392. The maximum Gasteiger partial charge on any atom is 0.157 e. The van der Waals surface area contributed by atoms with Crippen LogP contribution in [-0.2, 0) is 6.54 Å². The van der Waals surface area contributed by atoms with Crippen molar-refractivity contribution in [2.24, 2.45) is 0 Å². The first kappa shape index (κ1) is 10.8. The molecule has 0 atom stereocenters. The minimum absolute atomic E-state index is 0.651. The molecular weight excluding hydrogens is 230 g/mol. The Kier molecular flexibility index (Phi) is 2.47. The average Bonchev–Trinajstić information content (AvgIpc) is 2.94. The molecule has 0 amide bonds. The van der Waals surface area contributed by atoms with Crippen molar-refractivity contribution >= 4 is 11.5 Å². The Bertz CT molecular complexity index is 665. The van der Waals surface area contributed by atoms with E-state index in [0.717, 1.165) is 28.5 Å². The lowest BCUT2D eigenvalue weighted by Crippen LogP contribution is -2.04. The molecule has 0 fully saturated rings. The summed E-state index contributed by atoms with van der Waals surface area (Å²) in [6.45, 7) is 4.49. The lowest BCUT2D eigenvalue weighted by atomic mass is 10.2. The summed E-state index contributed by atoms with van der Waals surface area (Å²) >= 11 is 0. The molecule has 0 spiro atoms. The molecule has 6 heteroatoms. The molecule has 0 saturated heterocycles. The van der Waals surface area contributed by atoms with E-state index in [4.69, 9.17) is 4.52 Å². The summed E-state index contributed by atoms with van der Waals surface area (Å²) in [6, 6.07) is 3.75. The molecule has 3 rings (SSSR count). The normalized spacial score (nSPS) is 11.0. The third-order valence-electron chi connectivity index (χ3n) is 2.89. The number of rotatable bonds is 3. The second-order valence-corrected chi connectivity index (χ2v) is 4.10. The minimum atomic E-state index is 0.651. The van der Waals surface area contributed by atoms with Crippen LogP contribution in [0.1, 0.15) is 17.0 Å². The fraction of sp³-hybridized carbons (Fsp3) is 0.250. The van der Waals surface area contributed by atoms with Crippen LogP contribution in [0.5, 0.6) is 0 Å². The Morgan fingerprint density at radius 1 is 1.33 bits per heavy atom. The van der Waals surface area contributed by atoms with Crippen molar-refractivity contribution in [2.75, 3.05) is 5.32 Å². The van der Waals surface area contributed by atoms with E-state index >= 15 is 0 Å². The molecule has 18 heavy (non-hydrogen) atoms. The van der Waals surface area contributed by atoms with Gasteiger partial charge in [-0.25, -0.2) is 9.50 Å². The van der Waals surface area contributed by atoms with Crippen LogP contribution < -0.4 is 5.32 Å². The molecule has 0 bridgehead atoms. The van der Waals surface area contributed by atoms with Crippen LogP contribution >= 0.6 is 0 Å². The highest BCUT2D eigenvalue weighted by atomic mass is 16.5. The zero-order valence-corrected chi connectivity index (χ0v) is 10.2. The van der Waals surface area contributed by atoms with Crippen molar-refractivity contribution < 1.29 is 4.52 Å². The second kappa shape index (κ2) is 4.14. The number of nitrogens with zero attached hydrogens (tertiary/aromatic N) is 4. The molecule has 3 aromatic heterocycles. The molecule has 0 aromatic carbocycles. The summed E-state index contributed by atoms with van der Waals surface area (Å²) in [5, 5.41) is 11.3. The minimum Gasteiger partial charge on any atom is -0.366 e. The van der Waals surface area contributed by atoms with Gasteiger partial charge in [0.25, 0.3) is 0 Å². The summed E-state index contributed by atoms with van der Waals surface area (Å²) in [5.41, 5.74) is 2.80. The molecule has 0 aliphatic rings. The van der Waals surface area contributed by atoms with Crippen molar-refractivity contribution in [3.8, 4) is 0 Å². The van der Waals surface area contributed by atoms with E-state index < -0.39 is 0 Å². The number of hydrogen-bond acceptors (Lipinski definition) is 5. The van der Waals surface area contributed by atoms with Crippen molar-refractivity contribution in [1.29, 1.82) is 0 Å². The SMILES string of the molecule is Cc1noc(C)c1CNc1ccn2nccc2n1. The van der Waals surface area contributed by atoms with Crippen LogP contribution in [0.2, 0.25) is 0 Å². The number of hydrogen-bond donors (Lipinski definition) is 1. The highest BCUT2D eigenvalue weighted by Gasteiger charge is 2.08. The zero-order chi connectivity index (χ0) is 12.5. The van der Waals surface area contributed by atoms with Gasteiger partial charge >= 0.3 is 0 Å². The van der Waals surface area contributed by atoms with Crippen LogP contribution in [0.3, 0.4) is 0 Å². The monoisotopic (exact) mass is 243 g/mol. The fourth-order valence-electron chi connectivity index (χ4n) is 1.84. The van der Waals surface area contributed by atoms with Gasteiger partial charge < -0.3 is 9.84 Å². The zero-order valence-electron chi connectivity index (χ0n) is 10.2. The van der Waals surface area contributed by atoms with E-state index in [0.29, 0.717) is 6.54 Å². The second-order valence-electron chi connectivity index (χ2n) is 4.10. The van der Waals surface area contributed by atoms with Crippen molar-refractivity contribution in [3.05, 3.63) is 41.5 Å². The Morgan fingerprint density at radius 2 is 2.22 bits per heavy atom. The van der Waals surface area contributed by atoms with Crippen LogP contribution in [0, 0.1) is 13.8 Å². The highest BCUT2D eigenvalue weighted by Crippen LogP contribution is 2.14. The molecule has 3 heterocycles. The van der Waals surface area contributed by atoms with E-state index in [1.165, 1.54) is 0 Å². The maximum atomic E-state index is 5.12. The molecule has 0 saturated carbocycles. The van der Waals surface area contributed by atoms with Crippen LogP contribution in [0.25, 0.3) is 5.65 Å². The number of aryl methyl sites for hydroxylation is 2. The summed E-state index contributed by atoms with van der Waals surface area (Å²) in [4.78, 5) is 4.43. The Balaban J connectivity index is 1.80. The van der Waals surface area contributed by atoms with E-state index in [1.54, 1.807) is 10.7 Å². The van der Waals surface area contributed by atoms with Gasteiger partial charge in [0.15, 0.2) is 5.65 Å². The molecule has 6 nitrogen and oxygen atoms in total. The third-order valence-corrected chi connectivity index (χ3v) is 2.89. The first-order valence-corrected chi connectivity index (χ1v) is 5.70. The molecule has 3 aromatic rings. The Morgan fingerprint density at radius 3 is 3.00 bits per heavy atom. The maximum absolute atomic E-state index is 5.12. The molecule has 92 valence electrons. The van der Waals surface area contributed by atoms with Gasteiger partial charge in [0, 0.05) is 24.4 Å². The molecular formula is C12H13N5O. The number of aromatic nitrogens is 4. The van der Waals surface area contributed by atoms with Gasteiger partial charge in [0.1, 0.15) is 11.6 Å². The predicted molar refractivity (Wildman–Crippen MR) is 66.3 cm³/mol. The van der Waals surface area contributed by atoms with Crippen molar-refractivity contribution in [3.63, 3.8) is 0 Å². The number of nitrogens with one attached hydrogen (secondary N) is 1. The van der Waals surface area contributed by atoms with Gasteiger partial charge in [0.2, 0.25) is 0 Å². The van der Waals surface area contributed by atoms with Crippen molar-refractivity contribution in [1.82, 2.24) is 19.8 Å². The largest absolute Gasteiger partial charge is 0.366 e. The first-order valence-electron chi connectivity index (χ1n) is 5.70. The van der Waals surface area contributed by atoms with Gasteiger partial charge in [-0.2, -0.15) is 5.10 Å². The fourth-order valence-corrected chi connectivity index (χ4v) is 1.84. The Labute approximate surface area is 104 Å². The molecule has 1 N–H and O–H groups in total. The molecule has 0 aliphatic carbocycles. The summed E-state index contributed by atoms with van der Waals surface area (Å²) < 4.78 is 6.84. The first-order chi connectivity index (χ1) is 8.74. The van der Waals surface area contributed by atoms with Crippen LogP contribution in [-0.4, -0.2) is 19.8 Å².